The molecule has 1 fully saturated rings. The van der Waals surface area contributed by atoms with Crippen molar-refractivity contribution in [2.75, 3.05) is 40.1 Å². The molecular weight excluding hydrogens is 198 g/mol. The average Bonchev–Trinajstić information content (AvgIpc) is 3.04. The molecule has 1 N–H and O–H groups in total. The first-order chi connectivity index (χ1) is 7.29. The lowest BCUT2D eigenvalue weighted by atomic mass is 10.4. The third-order valence-corrected chi connectivity index (χ3v) is 2.31. The van der Waals surface area contributed by atoms with Gasteiger partial charge in [-0.25, -0.2) is 0 Å². The van der Waals surface area contributed by atoms with Gasteiger partial charge in [0, 0.05) is 19.7 Å². The fourth-order valence-corrected chi connectivity index (χ4v) is 1.39. The van der Waals surface area contributed by atoms with Gasteiger partial charge in [0.25, 0.3) is 0 Å². The van der Waals surface area contributed by atoms with Crippen molar-refractivity contribution < 1.29 is 19.4 Å². The lowest BCUT2D eigenvalue weighted by Crippen LogP contribution is -2.38. The predicted octanol–water partition coefficient (Wildman–Crippen LogP) is -0.367. The molecule has 1 amide bonds. The van der Waals surface area contributed by atoms with Crippen LogP contribution in [0.4, 0.5) is 0 Å². The van der Waals surface area contributed by atoms with E-state index in [1.54, 1.807) is 12.0 Å². The number of aliphatic hydroxyl groups is 1. The summed E-state index contributed by atoms with van der Waals surface area (Å²) >= 11 is 0. The average molecular weight is 217 g/mol. The zero-order valence-corrected chi connectivity index (χ0v) is 9.15. The second-order valence-electron chi connectivity index (χ2n) is 3.59. The molecule has 1 saturated carbocycles. The van der Waals surface area contributed by atoms with E-state index in [1.807, 2.05) is 0 Å². The summed E-state index contributed by atoms with van der Waals surface area (Å²) in [4.78, 5) is 13.3. The zero-order chi connectivity index (χ0) is 11.1. The van der Waals surface area contributed by atoms with Crippen LogP contribution in [0, 0.1) is 0 Å². The molecule has 88 valence electrons. The first kappa shape index (κ1) is 12.4. The number of ether oxygens (including phenoxy) is 2. The summed E-state index contributed by atoms with van der Waals surface area (Å²) in [6.45, 7) is 1.44. The van der Waals surface area contributed by atoms with Crippen LogP contribution in [-0.4, -0.2) is 62.0 Å². The summed E-state index contributed by atoms with van der Waals surface area (Å²) in [6, 6.07) is 0.329. The van der Waals surface area contributed by atoms with Gasteiger partial charge in [-0.3, -0.25) is 4.79 Å². The Labute approximate surface area is 90.0 Å². The van der Waals surface area contributed by atoms with E-state index in [4.69, 9.17) is 14.6 Å². The molecule has 1 aliphatic carbocycles. The third kappa shape index (κ3) is 4.59. The molecule has 0 aliphatic heterocycles. The van der Waals surface area contributed by atoms with Gasteiger partial charge >= 0.3 is 0 Å². The van der Waals surface area contributed by atoms with Crippen molar-refractivity contribution in [2.45, 2.75) is 18.9 Å². The molecule has 0 saturated heterocycles. The Hall–Kier alpha value is -0.650. The zero-order valence-electron chi connectivity index (χ0n) is 9.15. The summed E-state index contributed by atoms with van der Waals surface area (Å²) < 4.78 is 9.94. The molecule has 0 aromatic carbocycles. The molecule has 5 heteroatoms. The topological polar surface area (TPSA) is 59.0 Å². The minimum atomic E-state index is -0.0392. The van der Waals surface area contributed by atoms with Gasteiger partial charge in [0.15, 0.2) is 0 Å². The number of methoxy groups -OCH3 is 1. The molecule has 15 heavy (non-hydrogen) atoms. The van der Waals surface area contributed by atoms with E-state index in [0.29, 0.717) is 25.8 Å². The van der Waals surface area contributed by atoms with Crippen molar-refractivity contribution in [3.8, 4) is 0 Å². The first-order valence-electron chi connectivity index (χ1n) is 5.26. The lowest BCUT2D eigenvalue weighted by Gasteiger charge is -2.21. The Bertz CT molecular complexity index is 194. The molecule has 1 aliphatic rings. The fraction of sp³-hybridized carbons (Fsp3) is 0.900. The van der Waals surface area contributed by atoms with E-state index in [-0.39, 0.29) is 19.1 Å². The van der Waals surface area contributed by atoms with E-state index < -0.39 is 0 Å². The molecule has 5 nitrogen and oxygen atoms in total. The maximum Gasteiger partial charge on any atom is 0.248 e. The summed E-state index contributed by atoms with van der Waals surface area (Å²) in [5.41, 5.74) is 0. The Morgan fingerprint density at radius 2 is 2.20 bits per heavy atom. The molecule has 0 heterocycles. The minimum Gasteiger partial charge on any atom is -0.395 e. The maximum absolute atomic E-state index is 11.6. The third-order valence-electron chi connectivity index (χ3n) is 2.31. The van der Waals surface area contributed by atoms with Crippen LogP contribution in [0.1, 0.15) is 12.8 Å². The molecule has 0 bridgehead atoms. The standard InChI is InChI=1S/C10H19NO4/c1-14-6-7-15-8-10(13)11(4-5-12)9-2-3-9/h9,12H,2-8H2,1H3. The highest BCUT2D eigenvalue weighted by Crippen LogP contribution is 2.26. The highest BCUT2D eigenvalue weighted by Gasteiger charge is 2.31. The number of aliphatic hydroxyl groups excluding tert-OH is 1. The monoisotopic (exact) mass is 217 g/mol. The minimum absolute atomic E-state index is 0.0142. The van der Waals surface area contributed by atoms with Gasteiger partial charge in [-0.05, 0) is 12.8 Å². The normalized spacial score (nSPS) is 15.3. The molecular formula is C10H19NO4. The van der Waals surface area contributed by atoms with Gasteiger partial charge in [-0.2, -0.15) is 0 Å². The number of hydrogen-bond acceptors (Lipinski definition) is 4. The van der Waals surface area contributed by atoms with E-state index in [9.17, 15) is 4.79 Å². The largest absolute Gasteiger partial charge is 0.395 e. The van der Waals surface area contributed by atoms with Gasteiger partial charge < -0.3 is 19.5 Å². The molecule has 0 aromatic heterocycles. The number of hydrogen-bond donors (Lipinski definition) is 1. The van der Waals surface area contributed by atoms with Crippen LogP contribution in [0.25, 0.3) is 0 Å². The van der Waals surface area contributed by atoms with E-state index in [0.717, 1.165) is 12.8 Å². The summed E-state index contributed by atoms with van der Waals surface area (Å²) in [5.74, 6) is -0.0392. The van der Waals surface area contributed by atoms with E-state index in [1.165, 1.54) is 0 Å². The van der Waals surface area contributed by atoms with Crippen molar-refractivity contribution in [1.82, 2.24) is 4.90 Å². The van der Waals surface area contributed by atoms with Gasteiger partial charge in [0.05, 0.1) is 19.8 Å². The van der Waals surface area contributed by atoms with Crippen molar-refractivity contribution >= 4 is 5.91 Å². The second kappa shape index (κ2) is 6.76. The van der Waals surface area contributed by atoms with Gasteiger partial charge in [-0.15, -0.1) is 0 Å². The van der Waals surface area contributed by atoms with Crippen molar-refractivity contribution in [3.63, 3.8) is 0 Å². The Morgan fingerprint density at radius 3 is 2.73 bits per heavy atom. The Balaban J connectivity index is 2.17. The highest BCUT2D eigenvalue weighted by atomic mass is 16.5. The van der Waals surface area contributed by atoms with Gasteiger partial charge in [-0.1, -0.05) is 0 Å². The fourth-order valence-electron chi connectivity index (χ4n) is 1.39. The van der Waals surface area contributed by atoms with Crippen LogP contribution in [0.2, 0.25) is 0 Å². The lowest BCUT2D eigenvalue weighted by molar-refractivity contribution is -0.137. The molecule has 0 radical (unpaired) electrons. The van der Waals surface area contributed by atoms with Crippen LogP contribution < -0.4 is 0 Å². The molecule has 0 unspecified atom stereocenters. The highest BCUT2D eigenvalue weighted by molar-refractivity contribution is 5.78. The van der Waals surface area contributed by atoms with Crippen molar-refractivity contribution in [2.24, 2.45) is 0 Å². The van der Waals surface area contributed by atoms with E-state index >= 15 is 0 Å². The van der Waals surface area contributed by atoms with Crippen molar-refractivity contribution in [3.05, 3.63) is 0 Å². The van der Waals surface area contributed by atoms with Gasteiger partial charge in [0.1, 0.15) is 6.61 Å². The Morgan fingerprint density at radius 1 is 1.47 bits per heavy atom. The van der Waals surface area contributed by atoms with Gasteiger partial charge in [0.2, 0.25) is 5.91 Å². The summed E-state index contributed by atoms with van der Waals surface area (Å²) in [5, 5.41) is 8.82. The smallest absolute Gasteiger partial charge is 0.248 e. The van der Waals surface area contributed by atoms with Crippen LogP contribution in [0.5, 0.6) is 0 Å². The summed E-state index contributed by atoms with van der Waals surface area (Å²) in [6.07, 6.45) is 2.09. The Kier molecular flexibility index (Phi) is 5.60. The molecule has 0 aromatic rings. The predicted molar refractivity (Wildman–Crippen MR) is 54.5 cm³/mol. The SMILES string of the molecule is COCCOCC(=O)N(CCO)C1CC1. The van der Waals surface area contributed by atoms with Crippen LogP contribution in [-0.2, 0) is 14.3 Å². The second-order valence-corrected chi connectivity index (χ2v) is 3.59. The number of amides is 1. The van der Waals surface area contributed by atoms with E-state index in [2.05, 4.69) is 0 Å². The molecule has 0 atom stereocenters. The molecule has 1 rings (SSSR count). The van der Waals surface area contributed by atoms with Crippen LogP contribution >= 0.6 is 0 Å². The first-order valence-corrected chi connectivity index (χ1v) is 5.26. The number of carbonyl (C=O) groups excluding carboxylic acids is 1. The maximum atomic E-state index is 11.6. The van der Waals surface area contributed by atoms with Crippen molar-refractivity contribution in [1.29, 1.82) is 0 Å². The number of nitrogens with zero attached hydrogens (tertiary/aromatic N) is 1. The number of rotatable bonds is 8. The number of carbonyl (C=O) groups is 1. The van der Waals surface area contributed by atoms with Crippen LogP contribution in [0.3, 0.4) is 0 Å². The summed E-state index contributed by atoms with van der Waals surface area (Å²) in [7, 11) is 1.59. The molecule has 0 spiro atoms. The van der Waals surface area contributed by atoms with Crippen LogP contribution in [0.15, 0.2) is 0 Å². The quantitative estimate of drug-likeness (QED) is 0.564.